The average molecular weight is 445 g/mol. The topological polar surface area (TPSA) is 50.6 Å². The zero-order valence-corrected chi connectivity index (χ0v) is 20.4. The summed E-state index contributed by atoms with van der Waals surface area (Å²) in [4.78, 5) is 20.4. The highest BCUT2D eigenvalue weighted by molar-refractivity contribution is 5.97. The molecule has 5 heteroatoms. The molecule has 0 bridgehead atoms. The number of amides is 1. The molecule has 2 saturated heterocycles. The molecule has 0 N–H and O–H groups in total. The van der Waals surface area contributed by atoms with Gasteiger partial charge < -0.3 is 4.90 Å². The van der Waals surface area contributed by atoms with E-state index < -0.39 is 0 Å². The van der Waals surface area contributed by atoms with E-state index in [0.717, 1.165) is 62.3 Å². The van der Waals surface area contributed by atoms with E-state index in [1.165, 1.54) is 5.56 Å². The van der Waals surface area contributed by atoms with Crippen molar-refractivity contribution in [1.82, 2.24) is 14.7 Å². The Bertz CT molecular complexity index is 997. The van der Waals surface area contributed by atoms with Gasteiger partial charge in [0, 0.05) is 56.4 Å². The fourth-order valence-electron chi connectivity index (χ4n) is 5.68. The van der Waals surface area contributed by atoms with Crippen LogP contribution < -0.4 is 0 Å². The van der Waals surface area contributed by atoms with Crippen LogP contribution in [0.1, 0.15) is 65.3 Å². The zero-order valence-electron chi connectivity index (χ0n) is 20.4. The predicted octanol–water partition coefficient (Wildman–Crippen LogP) is 4.55. The minimum atomic E-state index is 0.193. The van der Waals surface area contributed by atoms with E-state index in [-0.39, 0.29) is 5.91 Å². The summed E-state index contributed by atoms with van der Waals surface area (Å²) < 4.78 is 0. The lowest BCUT2D eigenvalue weighted by atomic mass is 9.97. The first-order valence-corrected chi connectivity index (χ1v) is 12.2. The fraction of sp³-hybridized carbons (Fsp3) is 0.500. The summed E-state index contributed by atoms with van der Waals surface area (Å²) >= 11 is 0. The van der Waals surface area contributed by atoms with Crippen molar-refractivity contribution in [2.24, 2.45) is 0 Å². The smallest absolute Gasteiger partial charge is 0.254 e. The quantitative estimate of drug-likeness (QED) is 0.694. The van der Waals surface area contributed by atoms with Gasteiger partial charge in [-0.3, -0.25) is 14.6 Å². The van der Waals surface area contributed by atoms with Gasteiger partial charge in [-0.15, -0.1) is 0 Å². The number of hydrogen-bond acceptors (Lipinski definition) is 4. The van der Waals surface area contributed by atoms with Gasteiger partial charge in [0.25, 0.3) is 5.91 Å². The molecule has 2 aliphatic heterocycles. The molecule has 5 nitrogen and oxygen atoms in total. The summed E-state index contributed by atoms with van der Waals surface area (Å²) in [6, 6.07) is 17.7. The maximum atomic E-state index is 13.2. The van der Waals surface area contributed by atoms with Gasteiger partial charge in [-0.1, -0.05) is 30.3 Å². The van der Waals surface area contributed by atoms with Gasteiger partial charge in [-0.25, -0.2) is 0 Å². The Morgan fingerprint density at radius 3 is 2.21 bits per heavy atom. The fourth-order valence-corrected chi connectivity index (χ4v) is 5.68. The molecule has 4 rings (SSSR count). The number of hydrogen-bond donors (Lipinski definition) is 0. The summed E-state index contributed by atoms with van der Waals surface area (Å²) in [5.41, 5.74) is 5.01. The van der Waals surface area contributed by atoms with Gasteiger partial charge in [-0.2, -0.15) is 5.26 Å². The molecule has 0 aliphatic carbocycles. The van der Waals surface area contributed by atoms with E-state index in [2.05, 4.69) is 46.7 Å². The normalized spacial score (nSPS) is 21.5. The first kappa shape index (κ1) is 23.5. The van der Waals surface area contributed by atoms with Crippen LogP contribution in [0.15, 0.2) is 42.5 Å². The molecule has 0 unspecified atom stereocenters. The van der Waals surface area contributed by atoms with Gasteiger partial charge in [-0.05, 0) is 69.4 Å². The van der Waals surface area contributed by atoms with Gasteiger partial charge in [0.2, 0.25) is 0 Å². The number of nitrogens with zero attached hydrogens (tertiary/aromatic N) is 4. The number of aryl methyl sites for hydroxylation is 2. The molecule has 2 aromatic carbocycles. The Morgan fingerprint density at radius 2 is 1.64 bits per heavy atom. The molecule has 0 spiro atoms. The van der Waals surface area contributed by atoms with Crippen molar-refractivity contribution in [1.29, 1.82) is 5.26 Å². The minimum Gasteiger partial charge on any atom is -0.339 e. The molecule has 1 amide bonds. The van der Waals surface area contributed by atoms with Gasteiger partial charge in [0.15, 0.2) is 0 Å². The van der Waals surface area contributed by atoms with Crippen molar-refractivity contribution in [3.05, 3.63) is 70.3 Å². The molecule has 2 atom stereocenters. The van der Waals surface area contributed by atoms with E-state index in [1.54, 1.807) is 0 Å². The van der Waals surface area contributed by atoms with Gasteiger partial charge in [0.1, 0.15) is 0 Å². The SMILES string of the molecule is Cc1cccc(C)c1C(=O)N1CCC(N2CCN([C@@H](C)c3ccc(C#N)cc3)[C@@H](C)C2)CC1. The Hall–Kier alpha value is -2.68. The van der Waals surface area contributed by atoms with Crippen molar-refractivity contribution in [3.8, 4) is 6.07 Å². The van der Waals surface area contributed by atoms with E-state index in [9.17, 15) is 4.79 Å². The molecule has 0 aromatic heterocycles. The highest BCUT2D eigenvalue weighted by atomic mass is 16.2. The lowest BCUT2D eigenvalue weighted by Gasteiger charge is -2.47. The van der Waals surface area contributed by atoms with Crippen LogP contribution in [0, 0.1) is 25.2 Å². The van der Waals surface area contributed by atoms with Crippen molar-refractivity contribution in [3.63, 3.8) is 0 Å². The van der Waals surface area contributed by atoms with Crippen LogP contribution >= 0.6 is 0 Å². The monoisotopic (exact) mass is 444 g/mol. The van der Waals surface area contributed by atoms with Crippen molar-refractivity contribution >= 4 is 5.91 Å². The van der Waals surface area contributed by atoms with Crippen molar-refractivity contribution in [2.75, 3.05) is 32.7 Å². The Morgan fingerprint density at radius 1 is 1.00 bits per heavy atom. The summed E-state index contributed by atoms with van der Waals surface area (Å²) in [6.07, 6.45) is 2.10. The molecule has 2 aromatic rings. The van der Waals surface area contributed by atoms with E-state index in [1.807, 2.05) is 44.2 Å². The van der Waals surface area contributed by atoms with Crippen LogP contribution in [0.25, 0.3) is 0 Å². The number of carbonyl (C=O) groups is 1. The van der Waals surface area contributed by atoms with Crippen LogP contribution in [-0.4, -0.2) is 65.4 Å². The number of carbonyl (C=O) groups excluding carboxylic acids is 1. The molecule has 0 saturated carbocycles. The second kappa shape index (κ2) is 10.1. The first-order chi connectivity index (χ1) is 15.9. The maximum absolute atomic E-state index is 13.2. The van der Waals surface area contributed by atoms with Crippen LogP contribution in [0.2, 0.25) is 0 Å². The number of rotatable bonds is 4. The molecule has 2 aliphatic rings. The van der Waals surface area contributed by atoms with Crippen molar-refractivity contribution < 1.29 is 4.79 Å². The second-order valence-corrected chi connectivity index (χ2v) is 9.78. The van der Waals surface area contributed by atoms with Crippen LogP contribution in [0.3, 0.4) is 0 Å². The second-order valence-electron chi connectivity index (χ2n) is 9.78. The summed E-state index contributed by atoms with van der Waals surface area (Å²) in [5.74, 6) is 0.193. The summed E-state index contributed by atoms with van der Waals surface area (Å²) in [5, 5.41) is 9.05. The maximum Gasteiger partial charge on any atom is 0.254 e. The molecule has 2 heterocycles. The van der Waals surface area contributed by atoms with E-state index >= 15 is 0 Å². The lowest BCUT2D eigenvalue weighted by molar-refractivity contribution is 0.0135. The summed E-state index contributed by atoms with van der Waals surface area (Å²) in [7, 11) is 0. The van der Waals surface area contributed by atoms with Crippen molar-refractivity contribution in [2.45, 2.75) is 58.7 Å². The highest BCUT2D eigenvalue weighted by Gasteiger charge is 2.34. The summed E-state index contributed by atoms with van der Waals surface area (Å²) in [6.45, 7) is 13.5. The number of piperazine rings is 1. The van der Waals surface area contributed by atoms with Gasteiger partial charge >= 0.3 is 0 Å². The average Bonchev–Trinajstić information content (AvgIpc) is 2.83. The van der Waals surface area contributed by atoms with Crippen LogP contribution in [-0.2, 0) is 0 Å². The third-order valence-corrected chi connectivity index (χ3v) is 7.69. The number of benzene rings is 2. The molecular formula is C28H36N4O. The molecule has 33 heavy (non-hydrogen) atoms. The highest BCUT2D eigenvalue weighted by Crippen LogP contribution is 2.28. The van der Waals surface area contributed by atoms with E-state index in [4.69, 9.17) is 5.26 Å². The zero-order chi connectivity index (χ0) is 23.5. The first-order valence-electron chi connectivity index (χ1n) is 12.2. The Balaban J connectivity index is 1.32. The standard InChI is InChI=1S/C28H36N4O/c1-20-6-5-7-21(2)27(20)28(33)30-14-12-26(13-15-30)31-16-17-32(22(3)19-31)23(4)25-10-8-24(18-29)9-11-25/h5-11,22-23,26H,12-17,19H2,1-4H3/t22-,23-/m0/s1. The van der Waals surface area contributed by atoms with Crippen LogP contribution in [0.5, 0.6) is 0 Å². The lowest BCUT2D eigenvalue weighted by Crippen LogP contribution is -2.57. The Labute approximate surface area is 198 Å². The van der Waals surface area contributed by atoms with Gasteiger partial charge in [0.05, 0.1) is 11.6 Å². The number of nitriles is 1. The molecule has 2 fully saturated rings. The number of likely N-dealkylation sites (tertiary alicyclic amines) is 1. The molecule has 174 valence electrons. The van der Waals surface area contributed by atoms with E-state index in [0.29, 0.717) is 23.7 Å². The predicted molar refractivity (Wildman–Crippen MR) is 132 cm³/mol. The largest absolute Gasteiger partial charge is 0.339 e. The molecule has 0 radical (unpaired) electrons. The van der Waals surface area contributed by atoms with Crippen LogP contribution in [0.4, 0.5) is 0 Å². The third-order valence-electron chi connectivity index (χ3n) is 7.69. The number of piperidine rings is 1. The minimum absolute atomic E-state index is 0.193. The Kier molecular flexibility index (Phi) is 7.17. The third kappa shape index (κ3) is 4.98. The molecular weight excluding hydrogens is 408 g/mol.